The number of hydrogen-bond acceptors (Lipinski definition) is 4. The highest BCUT2D eigenvalue weighted by atomic mass is 35.5. The highest BCUT2D eigenvalue weighted by Crippen LogP contribution is 2.38. The van der Waals surface area contributed by atoms with Crippen LogP contribution in [0.15, 0.2) is 42.5 Å². The molecule has 26 heavy (non-hydrogen) atoms. The van der Waals surface area contributed by atoms with Gasteiger partial charge in [0.05, 0.1) is 11.4 Å². The Hall–Kier alpha value is -2.73. The number of benzene rings is 2. The van der Waals surface area contributed by atoms with Gasteiger partial charge in [0.1, 0.15) is 19.3 Å². The molecule has 136 valence electrons. The number of aliphatic carboxylic acids is 1. The first-order valence-corrected chi connectivity index (χ1v) is 8.55. The molecular formula is C19H18ClNO5. The van der Waals surface area contributed by atoms with Crippen molar-refractivity contribution in [2.45, 2.75) is 18.9 Å². The number of carbonyl (C=O) groups excluding carboxylic acids is 1. The van der Waals surface area contributed by atoms with Gasteiger partial charge in [-0.3, -0.25) is 4.79 Å². The van der Waals surface area contributed by atoms with Gasteiger partial charge in [0.25, 0.3) is 0 Å². The number of ether oxygens (including phenoxy) is 2. The lowest BCUT2D eigenvalue weighted by Crippen LogP contribution is -2.43. The molecular weight excluding hydrogens is 358 g/mol. The van der Waals surface area contributed by atoms with E-state index in [1.807, 2.05) is 30.3 Å². The van der Waals surface area contributed by atoms with Gasteiger partial charge < -0.3 is 19.9 Å². The zero-order valence-corrected chi connectivity index (χ0v) is 14.7. The number of rotatable bonds is 6. The molecule has 2 aromatic rings. The normalized spacial score (nSPS) is 13.7. The Morgan fingerprint density at radius 1 is 1.12 bits per heavy atom. The van der Waals surface area contributed by atoms with Gasteiger partial charge in [0.15, 0.2) is 11.5 Å². The van der Waals surface area contributed by atoms with E-state index in [0.29, 0.717) is 35.3 Å². The van der Waals surface area contributed by atoms with Crippen molar-refractivity contribution in [3.63, 3.8) is 0 Å². The molecule has 1 aliphatic heterocycles. The molecule has 0 fully saturated rings. The van der Waals surface area contributed by atoms with Crippen molar-refractivity contribution in [1.82, 2.24) is 5.32 Å². The Morgan fingerprint density at radius 2 is 1.85 bits per heavy atom. The summed E-state index contributed by atoms with van der Waals surface area (Å²) in [6.07, 6.45) is 0.207. The number of fused-ring (bicyclic) bond motifs is 1. The molecule has 2 N–H and O–H groups in total. The van der Waals surface area contributed by atoms with Gasteiger partial charge in [-0.15, -0.1) is 0 Å². The molecule has 6 nitrogen and oxygen atoms in total. The zero-order chi connectivity index (χ0) is 18.5. The predicted molar refractivity (Wildman–Crippen MR) is 95.9 cm³/mol. The molecule has 0 saturated heterocycles. The van der Waals surface area contributed by atoms with Gasteiger partial charge in [0, 0.05) is 6.42 Å². The average molecular weight is 376 g/mol. The molecule has 0 aliphatic carbocycles. The predicted octanol–water partition coefficient (Wildman–Crippen LogP) is 2.47. The van der Waals surface area contributed by atoms with Crippen LogP contribution in [0.5, 0.6) is 11.5 Å². The number of hydrogen-bond donors (Lipinski definition) is 2. The van der Waals surface area contributed by atoms with E-state index in [0.717, 1.165) is 5.56 Å². The van der Waals surface area contributed by atoms with Crippen molar-refractivity contribution < 1.29 is 24.2 Å². The molecule has 7 heteroatoms. The second-order valence-electron chi connectivity index (χ2n) is 5.93. The molecule has 0 unspecified atom stereocenters. The third-order valence-electron chi connectivity index (χ3n) is 3.94. The van der Waals surface area contributed by atoms with Gasteiger partial charge in [-0.1, -0.05) is 41.9 Å². The van der Waals surface area contributed by atoms with E-state index >= 15 is 0 Å². The highest BCUT2D eigenvalue weighted by molar-refractivity contribution is 6.32. The van der Waals surface area contributed by atoms with Crippen LogP contribution >= 0.6 is 11.6 Å². The summed E-state index contributed by atoms with van der Waals surface area (Å²) in [6.45, 7) is 0.837. The molecule has 1 amide bonds. The van der Waals surface area contributed by atoms with E-state index < -0.39 is 17.9 Å². The lowest BCUT2D eigenvalue weighted by Gasteiger charge is -2.20. The fourth-order valence-corrected chi connectivity index (χ4v) is 3.03. The average Bonchev–Trinajstić information content (AvgIpc) is 2.62. The third kappa shape index (κ3) is 4.46. The summed E-state index contributed by atoms with van der Waals surface area (Å²) in [7, 11) is 0. The molecule has 1 aliphatic rings. The van der Waals surface area contributed by atoms with E-state index in [1.165, 1.54) is 0 Å². The monoisotopic (exact) mass is 375 g/mol. The van der Waals surface area contributed by atoms with E-state index in [4.69, 9.17) is 21.1 Å². The standard InChI is InChI=1S/C19H18ClNO5/c20-14-8-13(10-16-18(14)26-7-6-25-16)11-17(22)21-15(19(23)24)9-12-4-2-1-3-5-12/h1-5,8,10,15H,6-7,9,11H2,(H,21,22)(H,23,24)/t15-/m0/s1. The van der Waals surface area contributed by atoms with Crippen molar-refractivity contribution in [1.29, 1.82) is 0 Å². The van der Waals surface area contributed by atoms with Crippen LogP contribution in [0.3, 0.4) is 0 Å². The van der Waals surface area contributed by atoms with Crippen LogP contribution in [0.4, 0.5) is 0 Å². The molecule has 1 atom stereocenters. The summed E-state index contributed by atoms with van der Waals surface area (Å²) in [4.78, 5) is 23.8. The second-order valence-corrected chi connectivity index (χ2v) is 6.33. The van der Waals surface area contributed by atoms with Crippen molar-refractivity contribution in [2.75, 3.05) is 13.2 Å². The van der Waals surface area contributed by atoms with E-state index in [-0.39, 0.29) is 12.8 Å². The Kier molecular flexibility index (Phi) is 5.63. The maximum absolute atomic E-state index is 12.3. The maximum atomic E-state index is 12.3. The van der Waals surface area contributed by atoms with Gasteiger partial charge in [0.2, 0.25) is 5.91 Å². The Morgan fingerprint density at radius 3 is 2.58 bits per heavy atom. The van der Waals surface area contributed by atoms with Gasteiger partial charge in [-0.05, 0) is 23.3 Å². The molecule has 0 saturated carbocycles. The van der Waals surface area contributed by atoms with Crippen LogP contribution in [-0.4, -0.2) is 36.2 Å². The number of amides is 1. The largest absolute Gasteiger partial charge is 0.486 e. The number of nitrogens with one attached hydrogen (secondary N) is 1. The number of carbonyl (C=O) groups is 2. The molecule has 0 bridgehead atoms. The van der Waals surface area contributed by atoms with E-state index in [9.17, 15) is 14.7 Å². The van der Waals surface area contributed by atoms with Gasteiger partial charge >= 0.3 is 5.97 Å². The third-order valence-corrected chi connectivity index (χ3v) is 4.22. The smallest absolute Gasteiger partial charge is 0.326 e. The first-order chi connectivity index (χ1) is 12.5. The maximum Gasteiger partial charge on any atom is 0.326 e. The summed E-state index contributed by atoms with van der Waals surface area (Å²) in [6, 6.07) is 11.5. The van der Waals surface area contributed by atoms with Gasteiger partial charge in [-0.2, -0.15) is 0 Å². The highest BCUT2D eigenvalue weighted by Gasteiger charge is 2.22. The molecule has 1 heterocycles. The lowest BCUT2D eigenvalue weighted by atomic mass is 10.1. The Bertz CT molecular complexity index is 809. The number of carboxylic acid groups (broad SMARTS) is 1. The molecule has 0 spiro atoms. The lowest BCUT2D eigenvalue weighted by molar-refractivity contribution is -0.141. The van der Waals surface area contributed by atoms with Crippen LogP contribution < -0.4 is 14.8 Å². The quantitative estimate of drug-likeness (QED) is 0.810. The van der Waals surface area contributed by atoms with Crippen molar-refractivity contribution >= 4 is 23.5 Å². The van der Waals surface area contributed by atoms with Crippen molar-refractivity contribution in [3.05, 3.63) is 58.6 Å². The SMILES string of the molecule is O=C(Cc1cc(Cl)c2c(c1)OCCO2)N[C@@H](Cc1ccccc1)C(=O)O. The molecule has 2 aromatic carbocycles. The van der Waals surface area contributed by atoms with E-state index in [1.54, 1.807) is 12.1 Å². The Balaban J connectivity index is 1.67. The molecule has 0 aromatic heterocycles. The summed E-state index contributed by atoms with van der Waals surface area (Å²) < 4.78 is 10.9. The minimum Gasteiger partial charge on any atom is -0.486 e. The summed E-state index contributed by atoms with van der Waals surface area (Å²) in [5.41, 5.74) is 1.46. The minimum atomic E-state index is -1.08. The van der Waals surface area contributed by atoms with Crippen LogP contribution in [0.2, 0.25) is 5.02 Å². The summed E-state index contributed by atoms with van der Waals surface area (Å²) >= 11 is 6.16. The van der Waals surface area contributed by atoms with Crippen LogP contribution in [0, 0.1) is 0 Å². The zero-order valence-electron chi connectivity index (χ0n) is 13.9. The van der Waals surface area contributed by atoms with Crippen LogP contribution in [0.1, 0.15) is 11.1 Å². The fourth-order valence-electron chi connectivity index (χ4n) is 2.75. The fraction of sp³-hybridized carbons (Fsp3) is 0.263. The molecule has 0 radical (unpaired) electrons. The topological polar surface area (TPSA) is 84.9 Å². The first kappa shape index (κ1) is 18.1. The summed E-state index contributed by atoms with van der Waals surface area (Å²) in [5, 5.41) is 12.3. The Labute approximate surface area is 155 Å². The minimum absolute atomic E-state index is 0.00503. The van der Waals surface area contributed by atoms with Crippen molar-refractivity contribution in [2.24, 2.45) is 0 Å². The van der Waals surface area contributed by atoms with Crippen molar-refractivity contribution in [3.8, 4) is 11.5 Å². The number of carboxylic acids is 1. The summed E-state index contributed by atoms with van der Waals surface area (Å²) in [5.74, 6) is -0.524. The van der Waals surface area contributed by atoms with Crippen LogP contribution in [0.25, 0.3) is 0 Å². The first-order valence-electron chi connectivity index (χ1n) is 8.17. The number of halogens is 1. The van der Waals surface area contributed by atoms with Gasteiger partial charge in [-0.25, -0.2) is 4.79 Å². The molecule has 3 rings (SSSR count). The van der Waals surface area contributed by atoms with Crippen LogP contribution in [-0.2, 0) is 22.4 Å². The second kappa shape index (κ2) is 8.10. The van der Waals surface area contributed by atoms with E-state index in [2.05, 4.69) is 5.32 Å².